The molecule has 1 N–H and O–H groups in total. The maximum Gasteiger partial charge on any atom is 0.229 e. The van der Waals surface area contributed by atoms with Crippen LogP contribution in [0.15, 0.2) is 24.3 Å². The number of carbonyl (C=O) groups excluding carboxylic acids is 2. The molecule has 3 rings (SSSR count). The van der Waals surface area contributed by atoms with Gasteiger partial charge in [0.2, 0.25) is 16.9 Å². The van der Waals surface area contributed by atoms with E-state index < -0.39 is 0 Å². The number of hydrogen-bond donors (Lipinski definition) is 1. The monoisotopic (exact) mass is 334 g/mol. The van der Waals surface area contributed by atoms with Gasteiger partial charge in [-0.05, 0) is 17.7 Å². The summed E-state index contributed by atoms with van der Waals surface area (Å²) in [6.45, 7) is 0.785. The van der Waals surface area contributed by atoms with E-state index in [1.54, 1.807) is 12.1 Å². The Balaban J connectivity index is 1.50. The Bertz CT molecular complexity index is 701. The molecule has 1 aliphatic rings. The van der Waals surface area contributed by atoms with E-state index in [-0.39, 0.29) is 17.6 Å². The highest BCUT2D eigenvalue weighted by molar-refractivity contribution is 7.15. The molecule has 1 saturated heterocycles. The summed E-state index contributed by atoms with van der Waals surface area (Å²) in [5, 5.41) is 12.6. The van der Waals surface area contributed by atoms with Gasteiger partial charge in [0.25, 0.3) is 0 Å². The lowest BCUT2D eigenvalue weighted by atomic mass is 10.2. The Hall–Kier alpha value is -2.35. The van der Waals surface area contributed by atoms with Gasteiger partial charge in [-0.1, -0.05) is 23.5 Å². The standard InChI is InChI=1S/C15H15FN4O2S/c16-11-3-1-10(2-4-11)9-12-18-19-15(23-12)17-7-8-20-13(21)5-6-14(20)22/h1-4H,5-9H2,(H,17,19). The van der Waals surface area contributed by atoms with Crippen LogP contribution in [0.25, 0.3) is 0 Å². The van der Waals surface area contributed by atoms with Crippen molar-refractivity contribution in [2.75, 3.05) is 18.4 Å². The van der Waals surface area contributed by atoms with E-state index in [0.29, 0.717) is 37.5 Å². The molecule has 6 nitrogen and oxygen atoms in total. The van der Waals surface area contributed by atoms with Gasteiger partial charge in [0.15, 0.2) is 0 Å². The molecule has 0 unspecified atom stereocenters. The van der Waals surface area contributed by atoms with Crippen molar-refractivity contribution in [2.24, 2.45) is 0 Å². The predicted molar refractivity (Wildman–Crippen MR) is 83.6 cm³/mol. The largest absolute Gasteiger partial charge is 0.358 e. The highest BCUT2D eigenvalue weighted by atomic mass is 32.1. The van der Waals surface area contributed by atoms with Gasteiger partial charge in [-0.15, -0.1) is 10.2 Å². The number of benzene rings is 1. The molecule has 0 atom stereocenters. The second kappa shape index (κ2) is 6.82. The minimum atomic E-state index is -0.264. The number of carbonyl (C=O) groups is 2. The minimum Gasteiger partial charge on any atom is -0.358 e. The molecule has 2 aromatic rings. The number of anilines is 1. The zero-order valence-corrected chi connectivity index (χ0v) is 13.1. The highest BCUT2D eigenvalue weighted by Crippen LogP contribution is 2.19. The van der Waals surface area contributed by atoms with Crippen LogP contribution in [0.3, 0.4) is 0 Å². The first-order valence-corrected chi connectivity index (χ1v) is 8.07. The van der Waals surface area contributed by atoms with E-state index in [1.807, 2.05) is 0 Å². The molecule has 8 heteroatoms. The summed E-state index contributed by atoms with van der Waals surface area (Å²) in [7, 11) is 0. The van der Waals surface area contributed by atoms with Crippen molar-refractivity contribution < 1.29 is 14.0 Å². The Morgan fingerprint density at radius 1 is 1.13 bits per heavy atom. The highest BCUT2D eigenvalue weighted by Gasteiger charge is 2.28. The third kappa shape index (κ3) is 3.89. The Labute approximate surface area is 136 Å². The van der Waals surface area contributed by atoms with Crippen molar-refractivity contribution >= 4 is 28.3 Å². The predicted octanol–water partition coefficient (Wildman–Crippen LogP) is 1.83. The zero-order chi connectivity index (χ0) is 16.2. The van der Waals surface area contributed by atoms with E-state index in [2.05, 4.69) is 15.5 Å². The van der Waals surface area contributed by atoms with Crippen molar-refractivity contribution in [1.82, 2.24) is 15.1 Å². The van der Waals surface area contributed by atoms with Gasteiger partial charge < -0.3 is 5.32 Å². The smallest absolute Gasteiger partial charge is 0.229 e. The molecule has 1 aromatic carbocycles. The van der Waals surface area contributed by atoms with Gasteiger partial charge in [-0.25, -0.2) is 4.39 Å². The van der Waals surface area contributed by atoms with Crippen LogP contribution in [0.1, 0.15) is 23.4 Å². The fraction of sp³-hybridized carbons (Fsp3) is 0.333. The topological polar surface area (TPSA) is 75.2 Å². The van der Waals surface area contributed by atoms with Crippen LogP contribution in [0.2, 0.25) is 0 Å². The number of hydrogen-bond acceptors (Lipinski definition) is 6. The lowest BCUT2D eigenvalue weighted by molar-refractivity contribution is -0.138. The van der Waals surface area contributed by atoms with Gasteiger partial charge in [0.1, 0.15) is 10.8 Å². The van der Waals surface area contributed by atoms with Crippen LogP contribution in [-0.2, 0) is 16.0 Å². The number of amides is 2. The van der Waals surface area contributed by atoms with Crippen molar-refractivity contribution in [3.8, 4) is 0 Å². The quantitative estimate of drug-likeness (QED) is 0.816. The van der Waals surface area contributed by atoms with E-state index in [0.717, 1.165) is 10.6 Å². The lowest BCUT2D eigenvalue weighted by Gasteiger charge is -2.13. The molecule has 0 saturated carbocycles. The normalized spacial score (nSPS) is 14.6. The van der Waals surface area contributed by atoms with Crippen molar-refractivity contribution in [1.29, 1.82) is 0 Å². The minimum absolute atomic E-state index is 0.119. The molecule has 0 spiro atoms. The van der Waals surface area contributed by atoms with Gasteiger partial charge in [0.05, 0.1) is 0 Å². The fourth-order valence-electron chi connectivity index (χ4n) is 2.32. The van der Waals surface area contributed by atoms with E-state index in [4.69, 9.17) is 0 Å². The van der Waals surface area contributed by atoms with Crippen molar-refractivity contribution in [3.63, 3.8) is 0 Å². The molecular weight excluding hydrogens is 319 g/mol. The number of nitrogens with one attached hydrogen (secondary N) is 1. The molecule has 0 radical (unpaired) electrons. The first kappa shape index (κ1) is 15.5. The molecule has 23 heavy (non-hydrogen) atoms. The average molecular weight is 334 g/mol. The zero-order valence-electron chi connectivity index (χ0n) is 12.3. The Morgan fingerprint density at radius 3 is 2.52 bits per heavy atom. The van der Waals surface area contributed by atoms with Crippen LogP contribution in [0.4, 0.5) is 9.52 Å². The summed E-state index contributed by atoms with van der Waals surface area (Å²) in [6.07, 6.45) is 1.20. The van der Waals surface area contributed by atoms with Gasteiger partial charge in [-0.2, -0.15) is 0 Å². The summed E-state index contributed by atoms with van der Waals surface area (Å²) in [5.41, 5.74) is 0.961. The van der Waals surface area contributed by atoms with Gasteiger partial charge in [-0.3, -0.25) is 14.5 Å². The van der Waals surface area contributed by atoms with Crippen LogP contribution >= 0.6 is 11.3 Å². The SMILES string of the molecule is O=C1CCC(=O)N1CCNc1nnc(Cc2ccc(F)cc2)s1. The summed E-state index contributed by atoms with van der Waals surface area (Å²) < 4.78 is 12.9. The van der Waals surface area contributed by atoms with E-state index >= 15 is 0 Å². The summed E-state index contributed by atoms with van der Waals surface area (Å²) in [5.74, 6) is -0.503. The first-order valence-electron chi connectivity index (χ1n) is 7.26. The van der Waals surface area contributed by atoms with Gasteiger partial charge >= 0.3 is 0 Å². The Kier molecular flexibility index (Phi) is 4.61. The van der Waals surface area contributed by atoms with Crippen LogP contribution in [0.5, 0.6) is 0 Å². The number of nitrogens with zero attached hydrogens (tertiary/aromatic N) is 3. The molecule has 1 fully saturated rings. The second-order valence-electron chi connectivity index (χ2n) is 5.17. The fourth-order valence-corrected chi connectivity index (χ4v) is 3.12. The van der Waals surface area contributed by atoms with Crippen LogP contribution < -0.4 is 5.32 Å². The van der Waals surface area contributed by atoms with Crippen molar-refractivity contribution in [3.05, 3.63) is 40.7 Å². The first-order chi connectivity index (χ1) is 11.1. The average Bonchev–Trinajstić information content (AvgIpc) is 3.11. The van der Waals surface area contributed by atoms with Crippen LogP contribution in [-0.4, -0.2) is 40.0 Å². The summed E-state index contributed by atoms with van der Waals surface area (Å²) >= 11 is 1.40. The van der Waals surface area contributed by atoms with Gasteiger partial charge in [0, 0.05) is 32.4 Å². The molecule has 1 aliphatic heterocycles. The molecule has 0 aliphatic carbocycles. The number of imide groups is 1. The third-order valence-electron chi connectivity index (χ3n) is 3.50. The number of rotatable bonds is 6. The second-order valence-corrected chi connectivity index (χ2v) is 6.23. The van der Waals surface area contributed by atoms with Crippen LogP contribution in [0, 0.1) is 5.82 Å². The van der Waals surface area contributed by atoms with E-state index in [1.165, 1.54) is 28.4 Å². The molecule has 0 bridgehead atoms. The number of aromatic nitrogens is 2. The van der Waals surface area contributed by atoms with Crippen molar-refractivity contribution in [2.45, 2.75) is 19.3 Å². The maximum atomic E-state index is 12.9. The molecule has 1 aromatic heterocycles. The Morgan fingerprint density at radius 2 is 1.83 bits per heavy atom. The molecular formula is C15H15FN4O2S. The number of halogens is 1. The third-order valence-corrected chi connectivity index (χ3v) is 4.38. The molecule has 120 valence electrons. The molecule has 2 heterocycles. The summed E-state index contributed by atoms with van der Waals surface area (Å²) in [4.78, 5) is 24.2. The summed E-state index contributed by atoms with van der Waals surface area (Å²) in [6, 6.07) is 6.27. The molecule has 2 amide bonds. The maximum absolute atomic E-state index is 12.9. The van der Waals surface area contributed by atoms with E-state index in [9.17, 15) is 14.0 Å². The number of likely N-dealkylation sites (tertiary alicyclic amines) is 1. The lowest BCUT2D eigenvalue weighted by Crippen LogP contribution is -2.33.